The third-order valence-electron chi connectivity index (χ3n) is 2.53. The summed E-state index contributed by atoms with van der Waals surface area (Å²) in [6.45, 7) is -0.554. The van der Waals surface area contributed by atoms with Crippen molar-refractivity contribution in [2.75, 3.05) is 6.61 Å². The Morgan fingerprint density at radius 3 is 2.56 bits per heavy atom. The Morgan fingerprint density at radius 1 is 1.12 bits per heavy atom. The number of aliphatic hydroxyl groups excluding tert-OH is 2. The zero-order valence-electron chi connectivity index (χ0n) is 8.63. The van der Waals surface area contributed by atoms with Crippen LogP contribution in [0.1, 0.15) is 10.4 Å². The van der Waals surface area contributed by atoms with Crippen LogP contribution in [0.5, 0.6) is 0 Å². The minimum Gasteiger partial charge on any atom is -0.393 e. The first kappa shape index (κ1) is 10.8. The third kappa shape index (κ3) is 1.83. The van der Waals surface area contributed by atoms with Crippen molar-refractivity contribution in [2.24, 2.45) is 0 Å². The van der Waals surface area contributed by atoms with Gasteiger partial charge < -0.3 is 10.2 Å². The van der Waals surface area contributed by atoms with Gasteiger partial charge in [-0.3, -0.25) is 4.79 Å². The molecule has 0 radical (unpaired) electrons. The number of ketones is 1. The zero-order valence-corrected chi connectivity index (χ0v) is 8.63. The monoisotopic (exact) mass is 216 g/mol. The van der Waals surface area contributed by atoms with E-state index in [4.69, 9.17) is 5.11 Å². The molecule has 0 aliphatic rings. The van der Waals surface area contributed by atoms with Gasteiger partial charge in [0.15, 0.2) is 5.78 Å². The minimum atomic E-state index is -1.34. The van der Waals surface area contributed by atoms with Crippen LogP contribution in [-0.2, 0) is 0 Å². The van der Waals surface area contributed by atoms with Gasteiger partial charge in [0.05, 0.1) is 6.61 Å². The predicted octanol–water partition coefficient (Wildman–Crippen LogP) is 1.38. The van der Waals surface area contributed by atoms with Crippen LogP contribution in [0.2, 0.25) is 0 Å². The summed E-state index contributed by atoms with van der Waals surface area (Å²) in [6, 6.07) is 12.8. The van der Waals surface area contributed by atoms with E-state index in [1.165, 1.54) is 0 Å². The molecule has 0 saturated carbocycles. The summed E-state index contributed by atoms with van der Waals surface area (Å²) in [5.41, 5.74) is 0.444. The van der Waals surface area contributed by atoms with Crippen LogP contribution in [-0.4, -0.2) is 28.7 Å². The Hall–Kier alpha value is -1.71. The van der Waals surface area contributed by atoms with Gasteiger partial charge >= 0.3 is 0 Å². The van der Waals surface area contributed by atoms with Crippen LogP contribution in [0.25, 0.3) is 10.8 Å². The van der Waals surface area contributed by atoms with E-state index in [9.17, 15) is 9.90 Å². The van der Waals surface area contributed by atoms with Crippen molar-refractivity contribution in [1.82, 2.24) is 0 Å². The zero-order chi connectivity index (χ0) is 11.5. The summed E-state index contributed by atoms with van der Waals surface area (Å²) < 4.78 is 0. The van der Waals surface area contributed by atoms with Crippen molar-refractivity contribution in [2.45, 2.75) is 6.10 Å². The molecule has 0 heterocycles. The normalized spacial score (nSPS) is 12.6. The standard InChI is InChI=1S/C13H12O3/c14-8-12(15)13(16)11-7-3-5-9-4-1-2-6-10(9)11/h1-7,12,14-15H,8H2. The van der Waals surface area contributed by atoms with Crippen molar-refractivity contribution in [3.05, 3.63) is 48.0 Å². The average Bonchev–Trinajstić information content (AvgIpc) is 2.36. The summed E-state index contributed by atoms with van der Waals surface area (Å²) in [4.78, 5) is 11.8. The Labute approximate surface area is 93.0 Å². The molecule has 16 heavy (non-hydrogen) atoms. The number of fused-ring (bicyclic) bond motifs is 1. The number of hydrogen-bond acceptors (Lipinski definition) is 3. The molecule has 3 nitrogen and oxygen atoms in total. The number of benzene rings is 2. The number of hydrogen-bond donors (Lipinski definition) is 2. The molecule has 0 aliphatic carbocycles. The summed E-state index contributed by atoms with van der Waals surface area (Å²) in [7, 11) is 0. The fourth-order valence-corrected chi connectivity index (χ4v) is 1.70. The molecule has 0 bridgehead atoms. The molecule has 0 aliphatic heterocycles. The van der Waals surface area contributed by atoms with Crippen LogP contribution in [0, 0.1) is 0 Å². The second-order valence-electron chi connectivity index (χ2n) is 3.59. The Bertz CT molecular complexity index is 514. The lowest BCUT2D eigenvalue weighted by atomic mass is 9.99. The average molecular weight is 216 g/mol. The van der Waals surface area contributed by atoms with Crippen LogP contribution < -0.4 is 0 Å². The molecular weight excluding hydrogens is 204 g/mol. The lowest BCUT2D eigenvalue weighted by Gasteiger charge is -2.08. The first-order valence-corrected chi connectivity index (χ1v) is 5.05. The van der Waals surface area contributed by atoms with Gasteiger partial charge in [0.25, 0.3) is 0 Å². The van der Waals surface area contributed by atoms with Crippen molar-refractivity contribution >= 4 is 16.6 Å². The van der Waals surface area contributed by atoms with Gasteiger partial charge in [0.2, 0.25) is 0 Å². The molecular formula is C13H12O3. The topological polar surface area (TPSA) is 57.5 Å². The number of carbonyl (C=O) groups is 1. The molecule has 2 aromatic rings. The molecule has 0 spiro atoms. The summed E-state index contributed by atoms with van der Waals surface area (Å²) >= 11 is 0. The van der Waals surface area contributed by atoms with Crippen LogP contribution in [0.4, 0.5) is 0 Å². The maximum absolute atomic E-state index is 11.8. The maximum atomic E-state index is 11.8. The molecule has 3 heteroatoms. The SMILES string of the molecule is O=C(c1cccc2ccccc12)C(O)CO. The summed E-state index contributed by atoms with van der Waals surface area (Å²) in [5.74, 6) is -0.445. The Morgan fingerprint density at radius 2 is 1.81 bits per heavy atom. The first-order valence-electron chi connectivity index (χ1n) is 5.05. The smallest absolute Gasteiger partial charge is 0.194 e. The predicted molar refractivity (Wildman–Crippen MR) is 61.4 cm³/mol. The van der Waals surface area contributed by atoms with E-state index in [-0.39, 0.29) is 0 Å². The van der Waals surface area contributed by atoms with Crippen molar-refractivity contribution < 1.29 is 15.0 Å². The fraction of sp³-hybridized carbons (Fsp3) is 0.154. The number of Topliss-reactive ketones (excluding diaryl/α,β-unsaturated/α-hetero) is 1. The van der Waals surface area contributed by atoms with Gasteiger partial charge in [-0.1, -0.05) is 42.5 Å². The van der Waals surface area contributed by atoms with E-state index in [1.807, 2.05) is 30.3 Å². The second-order valence-corrected chi connectivity index (χ2v) is 3.59. The Kier molecular flexibility index (Phi) is 2.99. The van der Waals surface area contributed by atoms with Gasteiger partial charge in [-0.25, -0.2) is 0 Å². The Balaban J connectivity index is 2.56. The molecule has 0 aromatic heterocycles. The largest absolute Gasteiger partial charge is 0.393 e. The van der Waals surface area contributed by atoms with E-state index in [2.05, 4.69) is 0 Å². The molecule has 1 unspecified atom stereocenters. The quantitative estimate of drug-likeness (QED) is 0.762. The third-order valence-corrected chi connectivity index (χ3v) is 2.53. The van der Waals surface area contributed by atoms with E-state index < -0.39 is 18.5 Å². The highest BCUT2D eigenvalue weighted by Gasteiger charge is 2.17. The van der Waals surface area contributed by atoms with Crippen molar-refractivity contribution in [3.8, 4) is 0 Å². The molecule has 0 fully saturated rings. The first-order chi connectivity index (χ1) is 7.74. The van der Waals surface area contributed by atoms with Gasteiger partial charge in [0.1, 0.15) is 6.10 Å². The highest BCUT2D eigenvalue weighted by Crippen LogP contribution is 2.19. The number of carbonyl (C=O) groups excluding carboxylic acids is 1. The molecule has 1 atom stereocenters. The van der Waals surface area contributed by atoms with Gasteiger partial charge in [-0.05, 0) is 10.8 Å². The summed E-state index contributed by atoms with van der Waals surface area (Å²) in [5, 5.41) is 19.8. The number of aliphatic hydroxyl groups is 2. The molecule has 2 rings (SSSR count). The molecule has 2 aromatic carbocycles. The van der Waals surface area contributed by atoms with Gasteiger partial charge in [0, 0.05) is 5.56 Å². The van der Waals surface area contributed by atoms with Gasteiger partial charge in [-0.2, -0.15) is 0 Å². The van der Waals surface area contributed by atoms with Crippen LogP contribution in [0.15, 0.2) is 42.5 Å². The lowest BCUT2D eigenvalue weighted by Crippen LogP contribution is -2.24. The van der Waals surface area contributed by atoms with E-state index >= 15 is 0 Å². The highest BCUT2D eigenvalue weighted by atomic mass is 16.3. The highest BCUT2D eigenvalue weighted by molar-refractivity contribution is 6.10. The molecule has 82 valence electrons. The maximum Gasteiger partial charge on any atom is 0.194 e. The van der Waals surface area contributed by atoms with Crippen molar-refractivity contribution in [3.63, 3.8) is 0 Å². The van der Waals surface area contributed by atoms with Gasteiger partial charge in [-0.15, -0.1) is 0 Å². The second kappa shape index (κ2) is 4.43. The molecule has 0 amide bonds. The fourth-order valence-electron chi connectivity index (χ4n) is 1.70. The summed E-state index contributed by atoms with van der Waals surface area (Å²) in [6.07, 6.45) is -1.34. The molecule has 2 N–H and O–H groups in total. The van der Waals surface area contributed by atoms with E-state index in [0.29, 0.717) is 5.56 Å². The number of rotatable bonds is 3. The van der Waals surface area contributed by atoms with E-state index in [0.717, 1.165) is 10.8 Å². The van der Waals surface area contributed by atoms with Crippen LogP contribution in [0.3, 0.4) is 0 Å². The van der Waals surface area contributed by atoms with E-state index in [1.54, 1.807) is 12.1 Å². The molecule has 0 saturated heterocycles. The van der Waals surface area contributed by atoms with Crippen molar-refractivity contribution in [1.29, 1.82) is 0 Å². The lowest BCUT2D eigenvalue weighted by molar-refractivity contribution is 0.0589. The van der Waals surface area contributed by atoms with Crippen LogP contribution >= 0.6 is 0 Å². The minimum absolute atomic E-state index is 0.444.